The number of aromatic amines is 1. The van der Waals surface area contributed by atoms with Gasteiger partial charge in [-0.2, -0.15) is 0 Å². The fourth-order valence-electron chi connectivity index (χ4n) is 5.63. The number of anilines is 1. The number of H-pyrrole nitrogens is 1. The van der Waals surface area contributed by atoms with Crippen molar-refractivity contribution in [3.8, 4) is 11.5 Å². The van der Waals surface area contributed by atoms with Crippen LogP contribution in [-0.4, -0.2) is 55.2 Å². The van der Waals surface area contributed by atoms with E-state index < -0.39 is 30.0 Å². The van der Waals surface area contributed by atoms with Crippen LogP contribution in [-0.2, 0) is 16.0 Å². The van der Waals surface area contributed by atoms with E-state index in [1.807, 2.05) is 30.3 Å². The number of carbonyl (C=O) groups is 3. The van der Waals surface area contributed by atoms with E-state index in [2.05, 4.69) is 4.98 Å². The molecule has 6 rings (SSSR count). The predicted molar refractivity (Wildman–Crippen MR) is 140 cm³/mol. The molecule has 2 atom stereocenters. The first-order chi connectivity index (χ1) is 18.5. The Morgan fingerprint density at radius 3 is 2.47 bits per heavy atom. The lowest BCUT2D eigenvalue weighted by atomic mass is 9.88. The van der Waals surface area contributed by atoms with E-state index in [-0.39, 0.29) is 11.3 Å². The van der Waals surface area contributed by atoms with Gasteiger partial charge in [-0.15, -0.1) is 0 Å². The van der Waals surface area contributed by atoms with Gasteiger partial charge in [0.05, 0.1) is 32.6 Å². The van der Waals surface area contributed by atoms with Crippen molar-refractivity contribution in [3.05, 3.63) is 89.1 Å². The number of hydrogen-bond acceptors (Lipinski definition) is 6. The zero-order valence-corrected chi connectivity index (χ0v) is 21.1. The van der Waals surface area contributed by atoms with E-state index in [0.29, 0.717) is 23.5 Å². The summed E-state index contributed by atoms with van der Waals surface area (Å²) in [5.74, 6) is 0.101. The van der Waals surface area contributed by atoms with Gasteiger partial charge in [0.25, 0.3) is 5.91 Å². The molecule has 3 aromatic carbocycles. The summed E-state index contributed by atoms with van der Waals surface area (Å²) in [6.07, 6.45) is 0.323. The number of nitrogens with zero attached hydrogens (tertiary/aromatic N) is 2. The SMILES string of the molecule is COC(=O)c1ccccc1N1C(=O)[C@@H]2Cc3c([nH]c4ccccc34)[C@H](c3cc(OC)ccc3OC)N2C1=O. The number of hydrogen-bond donors (Lipinski definition) is 1. The second kappa shape index (κ2) is 8.95. The maximum absolute atomic E-state index is 14.2. The van der Waals surface area contributed by atoms with Gasteiger partial charge in [0.1, 0.15) is 23.6 Å². The van der Waals surface area contributed by atoms with Crippen LogP contribution in [0, 0.1) is 0 Å². The Morgan fingerprint density at radius 2 is 1.71 bits per heavy atom. The van der Waals surface area contributed by atoms with Gasteiger partial charge in [-0.25, -0.2) is 14.5 Å². The molecular formula is C29H25N3O6. The number of imide groups is 1. The van der Waals surface area contributed by atoms with E-state index in [9.17, 15) is 14.4 Å². The third-order valence-electron chi connectivity index (χ3n) is 7.33. The molecule has 3 heterocycles. The highest BCUT2D eigenvalue weighted by Crippen LogP contribution is 2.47. The van der Waals surface area contributed by atoms with Crippen LogP contribution in [0.3, 0.4) is 0 Å². The molecule has 2 aliphatic heterocycles. The largest absolute Gasteiger partial charge is 0.497 e. The van der Waals surface area contributed by atoms with Gasteiger partial charge in [-0.1, -0.05) is 30.3 Å². The fourth-order valence-corrected chi connectivity index (χ4v) is 5.63. The van der Waals surface area contributed by atoms with Gasteiger partial charge in [-0.3, -0.25) is 9.69 Å². The maximum Gasteiger partial charge on any atom is 0.339 e. The van der Waals surface area contributed by atoms with Crippen LogP contribution in [0.2, 0.25) is 0 Å². The minimum absolute atomic E-state index is 0.135. The Morgan fingerprint density at radius 1 is 0.947 bits per heavy atom. The molecule has 0 radical (unpaired) electrons. The third kappa shape index (κ3) is 3.35. The quantitative estimate of drug-likeness (QED) is 0.314. The molecule has 9 nitrogen and oxygen atoms in total. The van der Waals surface area contributed by atoms with E-state index in [1.54, 1.807) is 49.5 Å². The summed E-state index contributed by atoms with van der Waals surface area (Å²) in [4.78, 5) is 46.8. The van der Waals surface area contributed by atoms with Crippen molar-refractivity contribution < 1.29 is 28.6 Å². The Bertz CT molecular complexity index is 1610. The number of carbonyl (C=O) groups excluding carboxylic acids is 3. The highest BCUT2D eigenvalue weighted by molar-refractivity contribution is 6.23. The van der Waals surface area contributed by atoms with Crippen LogP contribution in [0.15, 0.2) is 66.7 Å². The number of para-hydroxylation sites is 2. The van der Waals surface area contributed by atoms with Crippen molar-refractivity contribution in [2.24, 2.45) is 0 Å². The molecule has 0 saturated carbocycles. The summed E-state index contributed by atoms with van der Waals surface area (Å²) < 4.78 is 16.1. The predicted octanol–water partition coefficient (Wildman–Crippen LogP) is 4.45. The van der Waals surface area contributed by atoms with Gasteiger partial charge in [0, 0.05) is 28.6 Å². The number of nitrogens with one attached hydrogen (secondary N) is 1. The van der Waals surface area contributed by atoms with Crippen molar-refractivity contribution in [1.82, 2.24) is 9.88 Å². The Labute approximate surface area is 218 Å². The van der Waals surface area contributed by atoms with Crippen molar-refractivity contribution in [2.75, 3.05) is 26.2 Å². The highest BCUT2D eigenvalue weighted by Gasteiger charge is 2.54. The molecule has 4 aromatic rings. The number of fused-ring (bicyclic) bond motifs is 4. The summed E-state index contributed by atoms with van der Waals surface area (Å²) in [7, 11) is 4.39. The molecule has 3 amide bonds. The third-order valence-corrected chi connectivity index (χ3v) is 7.33. The molecule has 0 spiro atoms. The Hall–Kier alpha value is -4.79. The highest BCUT2D eigenvalue weighted by atomic mass is 16.5. The van der Waals surface area contributed by atoms with Crippen molar-refractivity contribution in [1.29, 1.82) is 0 Å². The number of ether oxygens (including phenoxy) is 3. The smallest absolute Gasteiger partial charge is 0.339 e. The first-order valence-corrected chi connectivity index (χ1v) is 12.1. The van der Waals surface area contributed by atoms with Crippen molar-refractivity contribution in [3.63, 3.8) is 0 Å². The fraction of sp³-hybridized carbons (Fsp3) is 0.207. The molecule has 2 aliphatic rings. The molecule has 0 unspecified atom stereocenters. The topological polar surface area (TPSA) is 101 Å². The lowest BCUT2D eigenvalue weighted by Crippen LogP contribution is -2.44. The average molecular weight is 512 g/mol. The second-order valence-corrected chi connectivity index (χ2v) is 9.17. The zero-order chi connectivity index (χ0) is 26.6. The molecule has 1 saturated heterocycles. The van der Waals surface area contributed by atoms with Crippen molar-refractivity contribution in [2.45, 2.75) is 18.5 Å². The average Bonchev–Trinajstić information content (AvgIpc) is 3.45. The first-order valence-electron chi connectivity index (χ1n) is 12.1. The van der Waals surface area contributed by atoms with E-state index in [4.69, 9.17) is 14.2 Å². The number of rotatable bonds is 5. The van der Waals surface area contributed by atoms with E-state index >= 15 is 0 Å². The summed E-state index contributed by atoms with van der Waals surface area (Å²) in [6, 6.07) is 17.7. The number of aromatic nitrogens is 1. The van der Waals surface area contributed by atoms with Gasteiger partial charge in [0.2, 0.25) is 0 Å². The molecule has 0 bridgehead atoms. The number of benzene rings is 3. The normalized spacial score (nSPS) is 18.4. The van der Waals surface area contributed by atoms with Crippen LogP contribution < -0.4 is 14.4 Å². The molecule has 0 aliphatic carbocycles. The van der Waals surface area contributed by atoms with Gasteiger partial charge < -0.3 is 19.2 Å². The number of amides is 3. The summed E-state index contributed by atoms with van der Waals surface area (Å²) in [5.41, 5.74) is 3.68. The molecule has 1 N–H and O–H groups in total. The van der Waals surface area contributed by atoms with Gasteiger partial charge >= 0.3 is 12.0 Å². The monoisotopic (exact) mass is 511 g/mol. The number of esters is 1. The Kier molecular flexibility index (Phi) is 5.56. The summed E-state index contributed by atoms with van der Waals surface area (Å²) >= 11 is 0. The standard InChI is InChI=1S/C29H25N3O6/c1-36-16-12-13-24(37-2)20(14-16)26-25-19(17-8-4-6-10-21(17)30-25)15-23-27(33)32(29(35)31(23)26)22-11-7-5-9-18(22)28(34)38-3/h4-14,23,26,30H,15H2,1-3H3/t23-,26-/m0/s1. The molecular weight excluding hydrogens is 486 g/mol. The summed E-state index contributed by atoms with van der Waals surface area (Å²) in [5, 5.41) is 0.989. The molecule has 38 heavy (non-hydrogen) atoms. The lowest BCUT2D eigenvalue weighted by molar-refractivity contribution is -0.120. The first kappa shape index (κ1) is 23.6. The minimum Gasteiger partial charge on any atom is -0.497 e. The van der Waals surface area contributed by atoms with Crippen LogP contribution in [0.1, 0.15) is 33.2 Å². The van der Waals surface area contributed by atoms with E-state index in [1.165, 1.54) is 13.2 Å². The van der Waals surface area contributed by atoms with Crippen LogP contribution in [0.5, 0.6) is 11.5 Å². The van der Waals surface area contributed by atoms with Crippen LogP contribution in [0.4, 0.5) is 10.5 Å². The number of urea groups is 1. The second-order valence-electron chi connectivity index (χ2n) is 9.17. The molecule has 9 heteroatoms. The maximum atomic E-state index is 14.2. The molecule has 1 fully saturated rings. The number of methoxy groups -OCH3 is 3. The minimum atomic E-state index is -0.791. The summed E-state index contributed by atoms with van der Waals surface area (Å²) in [6.45, 7) is 0. The van der Waals surface area contributed by atoms with Gasteiger partial charge in [0.15, 0.2) is 0 Å². The van der Waals surface area contributed by atoms with Crippen LogP contribution >= 0.6 is 0 Å². The van der Waals surface area contributed by atoms with Crippen molar-refractivity contribution >= 4 is 34.5 Å². The van der Waals surface area contributed by atoms with Crippen LogP contribution in [0.25, 0.3) is 10.9 Å². The molecule has 1 aromatic heterocycles. The Balaban J connectivity index is 1.58. The molecule has 192 valence electrons. The van der Waals surface area contributed by atoms with E-state index in [0.717, 1.165) is 27.1 Å². The lowest BCUT2D eigenvalue weighted by Gasteiger charge is -2.36. The van der Waals surface area contributed by atoms with Gasteiger partial charge in [-0.05, 0) is 42.0 Å². The zero-order valence-electron chi connectivity index (χ0n) is 21.1.